The molecule has 1 heterocycles. The summed E-state index contributed by atoms with van der Waals surface area (Å²) in [5, 5.41) is 8.69. The Morgan fingerprint density at radius 3 is 2.69 bits per heavy atom. The molecular formula is C12H7FN2O. The van der Waals surface area contributed by atoms with E-state index in [-0.39, 0.29) is 11.1 Å². The minimum atomic E-state index is -0.572. The first-order valence-corrected chi connectivity index (χ1v) is 4.60. The highest BCUT2D eigenvalue weighted by Crippen LogP contribution is 2.23. The van der Waals surface area contributed by atoms with Crippen molar-refractivity contribution in [3.63, 3.8) is 0 Å². The second-order valence-corrected chi connectivity index (χ2v) is 3.22. The Kier molecular flexibility index (Phi) is 2.52. The molecule has 0 fully saturated rings. The van der Waals surface area contributed by atoms with Crippen LogP contribution in [0.25, 0.3) is 11.1 Å². The number of nitrogens with one attached hydrogen (secondary N) is 1. The van der Waals surface area contributed by atoms with Gasteiger partial charge >= 0.3 is 0 Å². The van der Waals surface area contributed by atoms with E-state index in [0.717, 1.165) is 0 Å². The van der Waals surface area contributed by atoms with E-state index in [1.165, 1.54) is 24.4 Å². The van der Waals surface area contributed by atoms with Gasteiger partial charge in [-0.15, -0.1) is 0 Å². The van der Waals surface area contributed by atoms with Crippen LogP contribution in [0.2, 0.25) is 0 Å². The zero-order chi connectivity index (χ0) is 11.5. The smallest absolute Gasteiger partial charge is 0.247 e. The van der Waals surface area contributed by atoms with Crippen LogP contribution in [0.1, 0.15) is 5.56 Å². The van der Waals surface area contributed by atoms with E-state index >= 15 is 0 Å². The molecule has 3 nitrogen and oxygen atoms in total. The van der Waals surface area contributed by atoms with Crippen molar-refractivity contribution in [2.75, 3.05) is 0 Å². The summed E-state index contributed by atoms with van der Waals surface area (Å²) in [5.41, 5.74) is 0.578. The van der Waals surface area contributed by atoms with Crippen LogP contribution >= 0.6 is 0 Å². The summed E-state index contributed by atoms with van der Waals surface area (Å²) in [6.45, 7) is 0. The molecule has 4 heteroatoms. The molecule has 0 aliphatic rings. The van der Waals surface area contributed by atoms with Crippen molar-refractivity contribution < 1.29 is 4.39 Å². The number of halogens is 1. The van der Waals surface area contributed by atoms with E-state index < -0.39 is 5.82 Å². The fourth-order valence-electron chi connectivity index (χ4n) is 1.42. The lowest BCUT2D eigenvalue weighted by Crippen LogP contribution is -2.02. The van der Waals surface area contributed by atoms with Gasteiger partial charge in [0.2, 0.25) is 5.56 Å². The van der Waals surface area contributed by atoms with Gasteiger partial charge < -0.3 is 4.98 Å². The maximum atomic E-state index is 13.7. The van der Waals surface area contributed by atoms with Crippen molar-refractivity contribution in [1.29, 1.82) is 5.26 Å². The Hall–Kier alpha value is -2.41. The molecular weight excluding hydrogens is 207 g/mol. The van der Waals surface area contributed by atoms with Gasteiger partial charge in [0.15, 0.2) is 0 Å². The molecule has 0 saturated carbocycles. The molecule has 78 valence electrons. The van der Waals surface area contributed by atoms with Crippen molar-refractivity contribution in [3.05, 3.63) is 58.3 Å². The quantitative estimate of drug-likeness (QED) is 0.789. The molecule has 0 aliphatic heterocycles. The Balaban J connectivity index is 2.61. The summed E-state index contributed by atoms with van der Waals surface area (Å²) in [6.07, 6.45) is 1.42. The van der Waals surface area contributed by atoms with Gasteiger partial charge in [-0.1, -0.05) is 12.1 Å². The number of aromatic nitrogens is 1. The number of hydrogen-bond donors (Lipinski definition) is 1. The van der Waals surface area contributed by atoms with Gasteiger partial charge in [0.1, 0.15) is 11.9 Å². The first-order chi connectivity index (χ1) is 7.72. The maximum Gasteiger partial charge on any atom is 0.247 e. The second-order valence-electron chi connectivity index (χ2n) is 3.22. The van der Waals surface area contributed by atoms with Crippen molar-refractivity contribution in [2.24, 2.45) is 0 Å². The summed E-state index contributed by atoms with van der Waals surface area (Å²) in [6, 6.07) is 9.16. The van der Waals surface area contributed by atoms with E-state index in [1.807, 2.05) is 0 Å². The fourth-order valence-corrected chi connectivity index (χ4v) is 1.42. The van der Waals surface area contributed by atoms with Crippen LogP contribution in [0.15, 0.2) is 41.3 Å². The fraction of sp³-hybridized carbons (Fsp3) is 0. The standard InChI is InChI=1S/C12H7FN2O/c13-12-8(6-14)2-1-3-10(12)9-4-5-11(16)15-7-9/h1-5,7H,(H,15,16). The molecule has 0 atom stereocenters. The number of nitrogens with zero attached hydrogens (tertiary/aromatic N) is 1. The van der Waals surface area contributed by atoms with Gasteiger partial charge in [0.05, 0.1) is 5.56 Å². The molecule has 0 bridgehead atoms. The molecule has 1 N–H and O–H groups in total. The summed E-state index contributed by atoms with van der Waals surface area (Å²) in [4.78, 5) is 13.3. The number of hydrogen-bond acceptors (Lipinski definition) is 2. The molecule has 1 aromatic heterocycles. The zero-order valence-corrected chi connectivity index (χ0v) is 8.20. The van der Waals surface area contributed by atoms with Crippen molar-refractivity contribution in [2.45, 2.75) is 0 Å². The number of nitriles is 1. The van der Waals surface area contributed by atoms with Gasteiger partial charge in [0, 0.05) is 23.4 Å². The van der Waals surface area contributed by atoms with Crippen LogP contribution in [0.4, 0.5) is 4.39 Å². The SMILES string of the molecule is N#Cc1cccc(-c2ccc(=O)[nH]c2)c1F. The van der Waals surface area contributed by atoms with Gasteiger partial charge in [-0.2, -0.15) is 5.26 Å². The normalized spacial score (nSPS) is 9.75. The molecule has 0 radical (unpaired) electrons. The molecule has 0 amide bonds. The minimum Gasteiger partial charge on any atom is -0.328 e. The molecule has 0 saturated heterocycles. The zero-order valence-electron chi connectivity index (χ0n) is 8.20. The van der Waals surface area contributed by atoms with Crippen molar-refractivity contribution in [3.8, 4) is 17.2 Å². The number of pyridine rings is 1. The molecule has 2 rings (SSSR count). The largest absolute Gasteiger partial charge is 0.328 e. The Labute approximate surface area is 90.8 Å². The molecule has 16 heavy (non-hydrogen) atoms. The van der Waals surface area contributed by atoms with Crippen molar-refractivity contribution >= 4 is 0 Å². The van der Waals surface area contributed by atoms with Crippen LogP contribution < -0.4 is 5.56 Å². The van der Waals surface area contributed by atoms with Crippen LogP contribution in [-0.2, 0) is 0 Å². The summed E-state index contributed by atoms with van der Waals surface area (Å²) < 4.78 is 13.7. The topological polar surface area (TPSA) is 56.6 Å². The monoisotopic (exact) mass is 214 g/mol. The minimum absolute atomic E-state index is 0.0105. The highest BCUT2D eigenvalue weighted by molar-refractivity contribution is 5.65. The van der Waals surface area contributed by atoms with Gasteiger partial charge in [0.25, 0.3) is 0 Å². The van der Waals surface area contributed by atoms with Gasteiger partial charge in [-0.05, 0) is 12.1 Å². The Morgan fingerprint density at radius 1 is 1.25 bits per heavy atom. The number of rotatable bonds is 1. The van der Waals surface area contributed by atoms with E-state index in [1.54, 1.807) is 18.2 Å². The third-order valence-corrected chi connectivity index (χ3v) is 2.21. The summed E-state index contributed by atoms with van der Waals surface area (Å²) >= 11 is 0. The highest BCUT2D eigenvalue weighted by atomic mass is 19.1. The average molecular weight is 214 g/mol. The maximum absolute atomic E-state index is 13.7. The van der Waals surface area contributed by atoms with Crippen LogP contribution in [-0.4, -0.2) is 4.98 Å². The molecule has 0 aliphatic carbocycles. The van der Waals surface area contributed by atoms with Crippen LogP contribution in [0.3, 0.4) is 0 Å². The molecule has 2 aromatic rings. The number of H-pyrrole nitrogens is 1. The van der Waals surface area contributed by atoms with Crippen molar-refractivity contribution in [1.82, 2.24) is 4.98 Å². The lowest BCUT2D eigenvalue weighted by Gasteiger charge is -2.03. The number of aromatic amines is 1. The van der Waals surface area contributed by atoms with Gasteiger partial charge in [-0.3, -0.25) is 4.79 Å². The highest BCUT2D eigenvalue weighted by Gasteiger charge is 2.08. The first kappa shape index (κ1) is 10.1. The third kappa shape index (κ3) is 1.71. The summed E-state index contributed by atoms with van der Waals surface area (Å²) in [7, 11) is 0. The Bertz CT molecular complexity index is 605. The Morgan fingerprint density at radius 2 is 2.06 bits per heavy atom. The second kappa shape index (κ2) is 3.99. The number of benzene rings is 1. The third-order valence-electron chi connectivity index (χ3n) is 2.21. The summed E-state index contributed by atoms with van der Waals surface area (Å²) in [5.74, 6) is -0.572. The predicted molar refractivity (Wildman–Crippen MR) is 57.2 cm³/mol. The van der Waals surface area contributed by atoms with E-state index in [9.17, 15) is 9.18 Å². The van der Waals surface area contributed by atoms with E-state index in [0.29, 0.717) is 11.1 Å². The van der Waals surface area contributed by atoms with E-state index in [2.05, 4.69) is 4.98 Å². The molecule has 0 unspecified atom stereocenters. The lowest BCUT2D eigenvalue weighted by atomic mass is 10.0. The average Bonchev–Trinajstić information content (AvgIpc) is 2.31. The molecule has 0 spiro atoms. The van der Waals surface area contributed by atoms with Crippen LogP contribution in [0, 0.1) is 17.1 Å². The first-order valence-electron chi connectivity index (χ1n) is 4.60. The molecule has 1 aromatic carbocycles. The van der Waals surface area contributed by atoms with Crippen LogP contribution in [0.5, 0.6) is 0 Å². The van der Waals surface area contributed by atoms with E-state index in [4.69, 9.17) is 5.26 Å². The predicted octanol–water partition coefficient (Wildman–Crippen LogP) is 2.05. The lowest BCUT2D eigenvalue weighted by molar-refractivity contribution is 0.627. The van der Waals surface area contributed by atoms with Gasteiger partial charge in [-0.25, -0.2) is 4.39 Å².